The Morgan fingerprint density at radius 1 is 1.24 bits per heavy atom. The molecular formula is C16H21N3O2. The van der Waals surface area contributed by atoms with Crippen LogP contribution in [0.4, 0.5) is 0 Å². The van der Waals surface area contributed by atoms with Gasteiger partial charge in [-0.25, -0.2) is 0 Å². The van der Waals surface area contributed by atoms with Crippen LogP contribution in [0.5, 0.6) is 5.75 Å². The summed E-state index contributed by atoms with van der Waals surface area (Å²) in [6, 6.07) is 7.90. The molecule has 0 spiro atoms. The maximum absolute atomic E-state index is 6.37. The molecule has 0 bridgehead atoms. The lowest BCUT2D eigenvalue weighted by atomic mass is 9.98. The molecule has 5 nitrogen and oxygen atoms in total. The van der Waals surface area contributed by atoms with Crippen molar-refractivity contribution in [1.29, 1.82) is 0 Å². The smallest absolute Gasteiger partial charge is 0.233 e. The first kappa shape index (κ1) is 14.1. The Balaban J connectivity index is 1.81. The molecule has 0 radical (unpaired) electrons. The first-order chi connectivity index (χ1) is 10.1. The van der Waals surface area contributed by atoms with Gasteiger partial charge in [0.25, 0.3) is 0 Å². The number of hydrogen-bond acceptors (Lipinski definition) is 5. The maximum Gasteiger partial charge on any atom is 0.233 e. The van der Waals surface area contributed by atoms with Crippen LogP contribution in [-0.2, 0) is 5.54 Å². The molecule has 0 aliphatic heterocycles. The predicted octanol–water partition coefficient (Wildman–Crippen LogP) is 2.96. The molecule has 1 unspecified atom stereocenters. The zero-order valence-electron chi connectivity index (χ0n) is 12.5. The summed E-state index contributed by atoms with van der Waals surface area (Å²) in [6.07, 6.45) is 4.13. The van der Waals surface area contributed by atoms with Gasteiger partial charge in [-0.2, -0.15) is 4.98 Å². The van der Waals surface area contributed by atoms with Crippen molar-refractivity contribution in [2.45, 2.75) is 44.1 Å². The van der Waals surface area contributed by atoms with Crippen molar-refractivity contribution in [3.8, 4) is 5.75 Å². The lowest BCUT2D eigenvalue weighted by molar-refractivity contribution is 0.344. The summed E-state index contributed by atoms with van der Waals surface area (Å²) < 4.78 is 10.6. The second kappa shape index (κ2) is 5.48. The molecule has 2 aromatic rings. The highest BCUT2D eigenvalue weighted by atomic mass is 16.5. The molecule has 1 heterocycles. The molecule has 1 saturated carbocycles. The van der Waals surface area contributed by atoms with E-state index in [0.717, 1.165) is 37.0 Å². The van der Waals surface area contributed by atoms with E-state index in [9.17, 15) is 0 Å². The minimum Gasteiger partial charge on any atom is -0.497 e. The van der Waals surface area contributed by atoms with Gasteiger partial charge in [-0.1, -0.05) is 30.1 Å². The van der Waals surface area contributed by atoms with E-state index in [-0.39, 0.29) is 5.92 Å². The second-order valence-corrected chi connectivity index (χ2v) is 5.81. The summed E-state index contributed by atoms with van der Waals surface area (Å²) in [6.45, 7) is 2.05. The van der Waals surface area contributed by atoms with Gasteiger partial charge < -0.3 is 15.0 Å². The Morgan fingerprint density at radius 3 is 2.52 bits per heavy atom. The maximum atomic E-state index is 6.37. The fourth-order valence-electron chi connectivity index (χ4n) is 2.88. The van der Waals surface area contributed by atoms with Crippen LogP contribution in [-0.4, -0.2) is 17.3 Å². The van der Waals surface area contributed by atoms with E-state index in [2.05, 4.69) is 17.1 Å². The SMILES string of the molecule is COc1ccc(C(C)c2nc(C3(N)CCCC3)no2)cc1. The molecule has 1 aromatic heterocycles. The van der Waals surface area contributed by atoms with Crippen LogP contribution in [0.1, 0.15) is 55.8 Å². The molecule has 3 rings (SSSR count). The number of aromatic nitrogens is 2. The average Bonchev–Trinajstić information content (AvgIpc) is 3.16. The number of hydrogen-bond donors (Lipinski definition) is 1. The van der Waals surface area contributed by atoms with Crippen LogP contribution < -0.4 is 10.5 Å². The first-order valence-corrected chi connectivity index (χ1v) is 7.39. The summed E-state index contributed by atoms with van der Waals surface area (Å²) >= 11 is 0. The molecule has 1 aliphatic carbocycles. The molecule has 0 amide bonds. The zero-order chi connectivity index (χ0) is 14.9. The summed E-state index contributed by atoms with van der Waals surface area (Å²) in [5.41, 5.74) is 7.08. The normalized spacial score (nSPS) is 18.6. The molecule has 1 fully saturated rings. The fraction of sp³-hybridized carbons (Fsp3) is 0.500. The Hall–Kier alpha value is -1.88. The summed E-state index contributed by atoms with van der Waals surface area (Å²) in [4.78, 5) is 4.55. The quantitative estimate of drug-likeness (QED) is 0.935. The Morgan fingerprint density at radius 2 is 1.90 bits per heavy atom. The van der Waals surface area contributed by atoms with E-state index in [0.29, 0.717) is 11.7 Å². The van der Waals surface area contributed by atoms with E-state index < -0.39 is 5.54 Å². The van der Waals surface area contributed by atoms with E-state index in [4.69, 9.17) is 15.0 Å². The van der Waals surface area contributed by atoms with Gasteiger partial charge in [0.2, 0.25) is 5.89 Å². The summed E-state index contributed by atoms with van der Waals surface area (Å²) in [7, 11) is 1.66. The number of nitrogens with zero attached hydrogens (tertiary/aromatic N) is 2. The molecule has 1 atom stereocenters. The molecule has 2 N–H and O–H groups in total. The van der Waals surface area contributed by atoms with Crippen LogP contribution in [0.25, 0.3) is 0 Å². The Bertz CT molecular complexity index is 600. The highest BCUT2D eigenvalue weighted by Gasteiger charge is 2.36. The molecular weight excluding hydrogens is 266 g/mol. The number of methoxy groups -OCH3 is 1. The van der Waals surface area contributed by atoms with Crippen molar-refractivity contribution in [2.24, 2.45) is 5.73 Å². The van der Waals surface area contributed by atoms with Gasteiger partial charge in [-0.05, 0) is 37.5 Å². The predicted molar refractivity (Wildman–Crippen MR) is 79.1 cm³/mol. The molecule has 1 aliphatic rings. The lowest BCUT2D eigenvalue weighted by Crippen LogP contribution is -2.34. The standard InChI is InChI=1S/C16H21N3O2/c1-11(12-5-7-13(20-2)8-6-12)14-18-15(19-21-14)16(17)9-3-4-10-16/h5-8,11H,3-4,9-10,17H2,1-2H3. The number of ether oxygens (including phenoxy) is 1. The van der Waals surface area contributed by atoms with Crippen molar-refractivity contribution in [2.75, 3.05) is 7.11 Å². The van der Waals surface area contributed by atoms with E-state index in [1.807, 2.05) is 24.3 Å². The molecule has 0 saturated heterocycles. The van der Waals surface area contributed by atoms with Gasteiger partial charge >= 0.3 is 0 Å². The highest BCUT2D eigenvalue weighted by Crippen LogP contribution is 2.35. The summed E-state index contributed by atoms with van der Waals surface area (Å²) in [5.74, 6) is 2.15. The third-order valence-electron chi connectivity index (χ3n) is 4.37. The second-order valence-electron chi connectivity index (χ2n) is 5.81. The number of benzene rings is 1. The monoisotopic (exact) mass is 287 g/mol. The molecule has 21 heavy (non-hydrogen) atoms. The number of nitrogens with two attached hydrogens (primary N) is 1. The van der Waals surface area contributed by atoms with E-state index in [1.165, 1.54) is 0 Å². The summed E-state index contributed by atoms with van der Waals surface area (Å²) in [5, 5.41) is 4.11. The Kier molecular flexibility index (Phi) is 3.68. The van der Waals surface area contributed by atoms with Gasteiger partial charge in [0.15, 0.2) is 5.82 Å². The Labute approximate surface area is 124 Å². The fourth-order valence-corrected chi connectivity index (χ4v) is 2.88. The van der Waals surface area contributed by atoms with E-state index in [1.54, 1.807) is 7.11 Å². The molecule has 5 heteroatoms. The van der Waals surface area contributed by atoms with Crippen LogP contribution >= 0.6 is 0 Å². The topological polar surface area (TPSA) is 74.2 Å². The van der Waals surface area contributed by atoms with Gasteiger partial charge in [0.05, 0.1) is 18.6 Å². The van der Waals surface area contributed by atoms with Crippen LogP contribution in [0.15, 0.2) is 28.8 Å². The van der Waals surface area contributed by atoms with Crippen molar-refractivity contribution in [3.63, 3.8) is 0 Å². The van der Waals surface area contributed by atoms with Crippen LogP contribution in [0.3, 0.4) is 0 Å². The van der Waals surface area contributed by atoms with Crippen molar-refractivity contribution in [1.82, 2.24) is 10.1 Å². The van der Waals surface area contributed by atoms with Crippen LogP contribution in [0.2, 0.25) is 0 Å². The minimum absolute atomic E-state index is 0.0437. The van der Waals surface area contributed by atoms with Gasteiger partial charge in [-0.3, -0.25) is 0 Å². The minimum atomic E-state index is -0.401. The zero-order valence-corrected chi connectivity index (χ0v) is 12.5. The lowest BCUT2D eigenvalue weighted by Gasteiger charge is -2.17. The van der Waals surface area contributed by atoms with Gasteiger partial charge in [0.1, 0.15) is 5.75 Å². The van der Waals surface area contributed by atoms with Crippen molar-refractivity contribution < 1.29 is 9.26 Å². The molecule has 112 valence electrons. The largest absolute Gasteiger partial charge is 0.497 e. The highest BCUT2D eigenvalue weighted by molar-refractivity contribution is 5.31. The van der Waals surface area contributed by atoms with Crippen molar-refractivity contribution in [3.05, 3.63) is 41.5 Å². The first-order valence-electron chi connectivity index (χ1n) is 7.39. The third kappa shape index (κ3) is 2.65. The van der Waals surface area contributed by atoms with Gasteiger partial charge in [-0.15, -0.1) is 0 Å². The van der Waals surface area contributed by atoms with Crippen molar-refractivity contribution >= 4 is 0 Å². The van der Waals surface area contributed by atoms with E-state index >= 15 is 0 Å². The average molecular weight is 287 g/mol. The van der Waals surface area contributed by atoms with Gasteiger partial charge in [0, 0.05) is 0 Å². The van der Waals surface area contributed by atoms with Crippen LogP contribution in [0, 0.1) is 0 Å². The molecule has 1 aromatic carbocycles. The number of rotatable bonds is 4. The third-order valence-corrected chi connectivity index (χ3v) is 4.37.